The number of halogens is 3. The normalized spacial score (nSPS) is 11.6. The van der Waals surface area contributed by atoms with Crippen molar-refractivity contribution in [3.63, 3.8) is 0 Å². The molecule has 0 atom stereocenters. The molecule has 0 saturated carbocycles. The van der Waals surface area contributed by atoms with Crippen molar-refractivity contribution in [2.45, 2.75) is 19.5 Å². The first kappa shape index (κ1) is 15.9. The number of pyridine rings is 1. The Hall–Kier alpha value is -2.51. The number of nitrogen functional groups attached to an aromatic ring is 1. The molecule has 5 nitrogen and oxygen atoms in total. The first-order valence-electron chi connectivity index (χ1n) is 6.38. The van der Waals surface area contributed by atoms with Gasteiger partial charge < -0.3 is 15.6 Å². The maximum atomic E-state index is 13.2. The largest absolute Gasteiger partial charge is 0.493 e. The summed E-state index contributed by atoms with van der Waals surface area (Å²) in [7, 11) is 0. The van der Waals surface area contributed by atoms with Gasteiger partial charge in [-0.25, -0.2) is 4.98 Å². The molecule has 0 aliphatic carbocycles. The Kier molecular flexibility index (Phi) is 4.11. The number of alkyl halides is 3. The molecule has 1 heterocycles. The van der Waals surface area contributed by atoms with Crippen molar-refractivity contribution in [1.82, 2.24) is 4.98 Å². The van der Waals surface area contributed by atoms with E-state index in [0.717, 1.165) is 0 Å². The van der Waals surface area contributed by atoms with E-state index in [2.05, 4.69) is 4.98 Å². The number of aliphatic carboxylic acids is 1. The average molecular weight is 314 g/mol. The van der Waals surface area contributed by atoms with Gasteiger partial charge in [0.05, 0.1) is 18.5 Å². The van der Waals surface area contributed by atoms with Crippen LogP contribution in [0.15, 0.2) is 18.2 Å². The molecule has 0 unspecified atom stereocenters. The highest BCUT2D eigenvalue weighted by molar-refractivity contribution is 5.90. The van der Waals surface area contributed by atoms with Crippen molar-refractivity contribution in [2.75, 3.05) is 12.3 Å². The number of benzene rings is 1. The fourth-order valence-electron chi connectivity index (χ4n) is 2.15. The van der Waals surface area contributed by atoms with Gasteiger partial charge in [-0.2, -0.15) is 13.2 Å². The molecular formula is C14H13F3N2O3. The van der Waals surface area contributed by atoms with E-state index in [0.29, 0.717) is 5.39 Å². The molecule has 0 spiro atoms. The molecule has 2 aromatic rings. The summed E-state index contributed by atoms with van der Waals surface area (Å²) < 4.78 is 44.9. The first-order valence-corrected chi connectivity index (χ1v) is 6.38. The molecule has 0 saturated heterocycles. The fourth-order valence-corrected chi connectivity index (χ4v) is 2.15. The highest BCUT2D eigenvalue weighted by Crippen LogP contribution is 2.39. The lowest BCUT2D eigenvalue weighted by atomic mass is 10.0. The third-order valence-corrected chi connectivity index (χ3v) is 2.94. The minimum absolute atomic E-state index is 0.00455. The second-order valence-electron chi connectivity index (χ2n) is 4.55. The second kappa shape index (κ2) is 5.70. The molecule has 1 aromatic heterocycles. The number of rotatable bonds is 4. The van der Waals surface area contributed by atoms with Crippen molar-refractivity contribution < 1.29 is 27.8 Å². The number of aromatic nitrogens is 1. The van der Waals surface area contributed by atoms with Gasteiger partial charge in [0.2, 0.25) is 0 Å². The van der Waals surface area contributed by atoms with Crippen LogP contribution in [-0.4, -0.2) is 22.7 Å². The molecule has 0 aliphatic rings. The van der Waals surface area contributed by atoms with E-state index in [4.69, 9.17) is 15.6 Å². The zero-order valence-corrected chi connectivity index (χ0v) is 11.6. The van der Waals surface area contributed by atoms with Gasteiger partial charge in [0.15, 0.2) is 5.69 Å². The Morgan fingerprint density at radius 2 is 2.09 bits per heavy atom. The van der Waals surface area contributed by atoms with Crippen LogP contribution in [0.3, 0.4) is 0 Å². The molecule has 1 aromatic carbocycles. The summed E-state index contributed by atoms with van der Waals surface area (Å²) >= 11 is 0. The predicted molar refractivity (Wildman–Crippen MR) is 73.7 cm³/mol. The maximum absolute atomic E-state index is 13.2. The summed E-state index contributed by atoms with van der Waals surface area (Å²) in [6.45, 7) is 1.69. The topological polar surface area (TPSA) is 85.4 Å². The number of nitrogens with zero attached hydrogens (tertiary/aromatic N) is 1. The predicted octanol–water partition coefficient (Wildman–Crippen LogP) is 2.86. The summed E-state index contributed by atoms with van der Waals surface area (Å²) in [6.07, 6.45) is -5.63. The second-order valence-corrected chi connectivity index (χ2v) is 4.55. The highest BCUT2D eigenvalue weighted by atomic mass is 19.4. The highest BCUT2D eigenvalue weighted by Gasteiger charge is 2.38. The SMILES string of the molecule is CCOc1c(CC(=O)O)c(C(F)(F)F)nc2cc(N)ccc12. The quantitative estimate of drug-likeness (QED) is 0.848. The molecule has 2 rings (SSSR count). The van der Waals surface area contributed by atoms with E-state index >= 15 is 0 Å². The molecule has 0 fully saturated rings. The molecular weight excluding hydrogens is 301 g/mol. The van der Waals surface area contributed by atoms with Gasteiger partial charge >= 0.3 is 12.1 Å². The van der Waals surface area contributed by atoms with Crippen molar-refractivity contribution in [3.05, 3.63) is 29.5 Å². The van der Waals surface area contributed by atoms with Gasteiger partial charge in [0, 0.05) is 16.6 Å². The number of fused-ring (bicyclic) bond motifs is 1. The molecule has 0 radical (unpaired) electrons. The average Bonchev–Trinajstić information content (AvgIpc) is 2.39. The van der Waals surface area contributed by atoms with Crippen LogP contribution in [0.2, 0.25) is 0 Å². The zero-order valence-electron chi connectivity index (χ0n) is 11.6. The third-order valence-electron chi connectivity index (χ3n) is 2.94. The van der Waals surface area contributed by atoms with Crippen LogP contribution in [0, 0.1) is 0 Å². The van der Waals surface area contributed by atoms with E-state index in [1.807, 2.05) is 0 Å². The third kappa shape index (κ3) is 3.05. The van der Waals surface area contributed by atoms with Gasteiger partial charge in [-0.05, 0) is 25.1 Å². The van der Waals surface area contributed by atoms with Crippen LogP contribution in [0.4, 0.5) is 18.9 Å². The van der Waals surface area contributed by atoms with Crippen LogP contribution in [-0.2, 0) is 17.4 Å². The van der Waals surface area contributed by atoms with Crippen LogP contribution >= 0.6 is 0 Å². The van der Waals surface area contributed by atoms with Crippen LogP contribution in [0.5, 0.6) is 5.75 Å². The van der Waals surface area contributed by atoms with Gasteiger partial charge in [0.1, 0.15) is 5.75 Å². The zero-order chi connectivity index (χ0) is 16.5. The molecule has 0 amide bonds. The lowest BCUT2D eigenvalue weighted by molar-refractivity contribution is -0.142. The van der Waals surface area contributed by atoms with Crippen LogP contribution < -0.4 is 10.5 Å². The lowest BCUT2D eigenvalue weighted by Gasteiger charge is -2.17. The van der Waals surface area contributed by atoms with E-state index in [1.165, 1.54) is 18.2 Å². The van der Waals surface area contributed by atoms with Crippen molar-refractivity contribution >= 4 is 22.6 Å². The van der Waals surface area contributed by atoms with E-state index in [9.17, 15) is 18.0 Å². The molecule has 0 bridgehead atoms. The number of anilines is 1. The fraction of sp³-hybridized carbons (Fsp3) is 0.286. The summed E-state index contributed by atoms with van der Waals surface area (Å²) in [5.41, 5.74) is 4.07. The lowest BCUT2D eigenvalue weighted by Crippen LogP contribution is -2.17. The Balaban J connectivity index is 2.86. The molecule has 118 valence electrons. The maximum Gasteiger partial charge on any atom is 0.433 e. The summed E-state index contributed by atoms with van der Waals surface area (Å²) in [5, 5.41) is 9.19. The van der Waals surface area contributed by atoms with Crippen LogP contribution in [0.25, 0.3) is 10.9 Å². The molecule has 8 heteroatoms. The monoisotopic (exact) mass is 314 g/mol. The van der Waals surface area contributed by atoms with Gasteiger partial charge in [-0.15, -0.1) is 0 Å². The molecule has 0 aliphatic heterocycles. The Morgan fingerprint density at radius 1 is 1.41 bits per heavy atom. The number of carboxylic acids is 1. The van der Waals surface area contributed by atoms with Gasteiger partial charge in [0.25, 0.3) is 0 Å². The Morgan fingerprint density at radius 3 is 2.64 bits per heavy atom. The molecule has 22 heavy (non-hydrogen) atoms. The molecule has 3 N–H and O–H groups in total. The minimum Gasteiger partial charge on any atom is -0.493 e. The number of ether oxygens (including phenoxy) is 1. The Labute approximate surface area is 123 Å². The first-order chi connectivity index (χ1) is 10.2. The van der Waals surface area contributed by atoms with E-state index in [1.54, 1.807) is 6.92 Å². The summed E-state index contributed by atoms with van der Waals surface area (Å²) in [6, 6.07) is 4.25. The number of carbonyl (C=O) groups is 1. The van der Waals surface area contributed by atoms with Crippen LogP contribution in [0.1, 0.15) is 18.2 Å². The Bertz CT molecular complexity index is 729. The summed E-state index contributed by atoms with van der Waals surface area (Å²) in [4.78, 5) is 14.5. The van der Waals surface area contributed by atoms with Crippen molar-refractivity contribution in [2.24, 2.45) is 0 Å². The number of hydrogen-bond acceptors (Lipinski definition) is 4. The van der Waals surface area contributed by atoms with Gasteiger partial charge in [-0.3, -0.25) is 4.79 Å². The van der Waals surface area contributed by atoms with Crippen molar-refractivity contribution in [1.29, 1.82) is 0 Å². The summed E-state index contributed by atoms with van der Waals surface area (Å²) in [5.74, 6) is -1.52. The van der Waals surface area contributed by atoms with E-state index in [-0.39, 0.29) is 23.6 Å². The van der Waals surface area contributed by atoms with Crippen molar-refractivity contribution in [3.8, 4) is 5.75 Å². The van der Waals surface area contributed by atoms with Gasteiger partial charge in [-0.1, -0.05) is 0 Å². The number of hydrogen-bond donors (Lipinski definition) is 2. The standard InChI is InChI=1S/C14H13F3N2O3/c1-2-22-12-8-4-3-7(18)5-10(8)19-13(14(15,16)17)9(12)6-11(20)21/h3-5H,2,6,18H2,1H3,(H,20,21). The minimum atomic E-state index is -4.80. The van der Waals surface area contributed by atoms with E-state index < -0.39 is 29.8 Å². The number of carboxylic acid groups (broad SMARTS) is 1. The number of nitrogens with two attached hydrogens (primary N) is 1. The smallest absolute Gasteiger partial charge is 0.433 e.